The summed E-state index contributed by atoms with van der Waals surface area (Å²) in [6, 6.07) is 29.0. The number of carbonyl (C=O) groups is 2. The summed E-state index contributed by atoms with van der Waals surface area (Å²) in [5, 5.41) is 6.39. The average molecular weight is 618 g/mol. The number of ether oxygens (including phenoxy) is 1. The van der Waals surface area contributed by atoms with E-state index in [1.165, 1.54) is 54.7 Å². The number of esters is 1. The number of halogens is 2. The van der Waals surface area contributed by atoms with Gasteiger partial charge in [-0.25, -0.2) is 18.6 Å². The highest BCUT2D eigenvalue weighted by molar-refractivity contribution is 7.92. The van der Waals surface area contributed by atoms with Crippen LogP contribution >= 0.6 is 23.2 Å². The predicted molar refractivity (Wildman–Crippen MR) is 164 cm³/mol. The van der Waals surface area contributed by atoms with Crippen LogP contribution in [-0.4, -0.2) is 26.5 Å². The Hall–Kier alpha value is -4.70. The maximum atomic E-state index is 12.8. The molecule has 210 valence electrons. The number of carbonyl (C=O) groups excluding carboxylic acids is 2. The van der Waals surface area contributed by atoms with E-state index in [4.69, 9.17) is 27.9 Å². The van der Waals surface area contributed by atoms with E-state index < -0.39 is 21.9 Å². The zero-order valence-corrected chi connectivity index (χ0v) is 24.0. The highest BCUT2D eigenvalue weighted by Crippen LogP contribution is 2.28. The molecule has 2 N–H and O–H groups in total. The zero-order chi connectivity index (χ0) is 29.7. The van der Waals surface area contributed by atoms with Gasteiger partial charge in [-0.05, 0) is 77.5 Å². The van der Waals surface area contributed by atoms with Crippen molar-refractivity contribution in [2.45, 2.75) is 4.90 Å². The van der Waals surface area contributed by atoms with Crippen LogP contribution in [0.4, 0.5) is 5.69 Å². The lowest BCUT2D eigenvalue weighted by Crippen LogP contribution is -2.18. The first kappa shape index (κ1) is 28.8. The fourth-order valence-corrected chi connectivity index (χ4v) is 5.41. The van der Waals surface area contributed by atoms with E-state index in [2.05, 4.69) is 15.2 Å². The Morgan fingerprint density at radius 1 is 0.786 bits per heavy atom. The molecule has 5 rings (SSSR count). The van der Waals surface area contributed by atoms with Crippen molar-refractivity contribution >= 4 is 67.8 Å². The van der Waals surface area contributed by atoms with Crippen LogP contribution in [-0.2, 0) is 10.0 Å². The third-order valence-electron chi connectivity index (χ3n) is 6.11. The van der Waals surface area contributed by atoms with E-state index in [9.17, 15) is 18.0 Å². The van der Waals surface area contributed by atoms with E-state index in [1.807, 2.05) is 30.3 Å². The number of hydrogen-bond donors (Lipinski definition) is 2. The quantitative estimate of drug-likeness (QED) is 0.0848. The summed E-state index contributed by atoms with van der Waals surface area (Å²) in [6.45, 7) is 0. The molecule has 0 aliphatic rings. The third-order valence-corrected chi connectivity index (χ3v) is 8.09. The van der Waals surface area contributed by atoms with Gasteiger partial charge in [-0.2, -0.15) is 5.10 Å². The van der Waals surface area contributed by atoms with Gasteiger partial charge in [0.25, 0.3) is 15.9 Å². The number of benzene rings is 5. The van der Waals surface area contributed by atoms with Crippen LogP contribution in [0.25, 0.3) is 10.8 Å². The Morgan fingerprint density at radius 2 is 1.48 bits per heavy atom. The first-order valence-electron chi connectivity index (χ1n) is 12.4. The zero-order valence-electron chi connectivity index (χ0n) is 21.6. The molecule has 0 heterocycles. The van der Waals surface area contributed by atoms with Gasteiger partial charge < -0.3 is 4.74 Å². The lowest BCUT2D eigenvalue weighted by molar-refractivity contribution is 0.0734. The molecule has 1 amide bonds. The van der Waals surface area contributed by atoms with Crippen molar-refractivity contribution in [2.75, 3.05) is 4.72 Å². The summed E-state index contributed by atoms with van der Waals surface area (Å²) in [5.41, 5.74) is 3.64. The lowest BCUT2D eigenvalue weighted by atomic mass is 10.0. The number of amides is 1. The standard InChI is InChI=1S/C31H21Cl2N3O5S/c32-22-12-16-24(17-13-22)42(39,40)36-23-14-9-21(10-15-23)30(37)35-34-19-27-25-6-2-1-5-20(25)11-18-29(27)41-31(38)26-7-3-4-8-28(26)33/h1-19,36H,(H,35,37). The highest BCUT2D eigenvalue weighted by Gasteiger charge is 2.17. The summed E-state index contributed by atoms with van der Waals surface area (Å²) < 4.78 is 33.3. The third kappa shape index (κ3) is 6.60. The summed E-state index contributed by atoms with van der Waals surface area (Å²) in [5.74, 6) is -0.941. The van der Waals surface area contributed by atoms with Crippen LogP contribution in [0.15, 0.2) is 119 Å². The molecular weight excluding hydrogens is 597 g/mol. The second-order valence-corrected chi connectivity index (χ2v) is 11.4. The number of sulfonamides is 1. The number of fused-ring (bicyclic) bond motifs is 1. The van der Waals surface area contributed by atoms with Gasteiger partial charge in [0.1, 0.15) is 5.75 Å². The first-order chi connectivity index (χ1) is 20.2. The van der Waals surface area contributed by atoms with Gasteiger partial charge in [0, 0.05) is 21.8 Å². The molecule has 0 atom stereocenters. The van der Waals surface area contributed by atoms with Gasteiger partial charge in [0.05, 0.1) is 21.7 Å². The maximum absolute atomic E-state index is 12.8. The monoisotopic (exact) mass is 617 g/mol. The fourth-order valence-electron chi connectivity index (χ4n) is 4.02. The molecule has 0 spiro atoms. The largest absolute Gasteiger partial charge is 0.422 e. The Morgan fingerprint density at radius 3 is 2.21 bits per heavy atom. The molecule has 0 fully saturated rings. The summed E-state index contributed by atoms with van der Waals surface area (Å²) in [6.07, 6.45) is 1.39. The summed E-state index contributed by atoms with van der Waals surface area (Å²) >= 11 is 12.0. The molecular formula is C31H21Cl2N3O5S. The molecule has 0 bridgehead atoms. The van der Waals surface area contributed by atoms with Crippen molar-refractivity contribution in [3.8, 4) is 5.75 Å². The van der Waals surface area contributed by atoms with E-state index in [-0.39, 0.29) is 32.5 Å². The summed E-state index contributed by atoms with van der Waals surface area (Å²) in [7, 11) is -3.83. The van der Waals surface area contributed by atoms with Gasteiger partial charge >= 0.3 is 5.97 Å². The Balaban J connectivity index is 1.31. The minimum Gasteiger partial charge on any atom is -0.422 e. The highest BCUT2D eigenvalue weighted by atomic mass is 35.5. The van der Waals surface area contributed by atoms with Crippen molar-refractivity contribution in [3.05, 3.63) is 136 Å². The molecule has 0 aromatic heterocycles. The first-order valence-corrected chi connectivity index (χ1v) is 14.7. The number of nitrogens with zero attached hydrogens (tertiary/aromatic N) is 1. The number of anilines is 1. The van der Waals surface area contributed by atoms with Crippen LogP contribution in [0.3, 0.4) is 0 Å². The van der Waals surface area contributed by atoms with Gasteiger partial charge in [-0.3, -0.25) is 9.52 Å². The summed E-state index contributed by atoms with van der Waals surface area (Å²) in [4.78, 5) is 25.6. The number of rotatable bonds is 8. The molecule has 0 saturated heterocycles. The molecule has 42 heavy (non-hydrogen) atoms. The van der Waals surface area contributed by atoms with E-state index in [1.54, 1.807) is 30.3 Å². The average Bonchev–Trinajstić information content (AvgIpc) is 2.98. The number of hydrogen-bond acceptors (Lipinski definition) is 6. The fraction of sp³-hybridized carbons (Fsp3) is 0. The van der Waals surface area contributed by atoms with Gasteiger partial charge in [-0.15, -0.1) is 0 Å². The Kier molecular flexibility index (Phi) is 8.53. The Bertz CT molecular complexity index is 1930. The molecule has 0 saturated carbocycles. The number of nitrogens with one attached hydrogen (secondary N) is 2. The van der Waals surface area contributed by atoms with Gasteiger partial charge in [-0.1, -0.05) is 65.7 Å². The molecule has 0 unspecified atom stereocenters. The molecule has 0 aliphatic heterocycles. The van der Waals surface area contributed by atoms with Crippen LogP contribution < -0.4 is 14.9 Å². The molecule has 5 aromatic rings. The molecule has 11 heteroatoms. The van der Waals surface area contributed by atoms with E-state index in [0.717, 1.165) is 10.8 Å². The number of hydrazone groups is 1. The maximum Gasteiger partial charge on any atom is 0.345 e. The molecule has 0 radical (unpaired) electrons. The molecule has 5 aromatic carbocycles. The van der Waals surface area contributed by atoms with Crippen LogP contribution in [0.1, 0.15) is 26.3 Å². The second-order valence-electron chi connectivity index (χ2n) is 8.90. The van der Waals surface area contributed by atoms with E-state index in [0.29, 0.717) is 10.6 Å². The molecule has 0 aliphatic carbocycles. The minimum absolute atomic E-state index is 0.0495. The minimum atomic E-state index is -3.83. The van der Waals surface area contributed by atoms with E-state index >= 15 is 0 Å². The van der Waals surface area contributed by atoms with Crippen molar-refractivity contribution in [1.29, 1.82) is 0 Å². The Labute approximate surface area is 251 Å². The molecule has 8 nitrogen and oxygen atoms in total. The normalized spacial score (nSPS) is 11.4. The van der Waals surface area contributed by atoms with Crippen molar-refractivity contribution in [2.24, 2.45) is 5.10 Å². The van der Waals surface area contributed by atoms with Gasteiger partial charge in [0.15, 0.2) is 0 Å². The van der Waals surface area contributed by atoms with Crippen molar-refractivity contribution in [3.63, 3.8) is 0 Å². The SMILES string of the molecule is O=C(NN=Cc1c(OC(=O)c2ccccc2Cl)ccc2ccccc12)c1ccc(NS(=O)(=O)c2ccc(Cl)cc2)cc1. The lowest BCUT2D eigenvalue weighted by Gasteiger charge is -2.11. The predicted octanol–water partition coefficient (Wildman–Crippen LogP) is 6.93. The second kappa shape index (κ2) is 12.4. The van der Waals surface area contributed by atoms with Crippen LogP contribution in [0, 0.1) is 0 Å². The van der Waals surface area contributed by atoms with Crippen molar-refractivity contribution in [1.82, 2.24) is 5.43 Å². The van der Waals surface area contributed by atoms with Crippen molar-refractivity contribution < 1.29 is 22.7 Å². The van der Waals surface area contributed by atoms with Crippen LogP contribution in [0.2, 0.25) is 10.0 Å². The topological polar surface area (TPSA) is 114 Å². The van der Waals surface area contributed by atoms with Crippen LogP contribution in [0.5, 0.6) is 5.75 Å². The van der Waals surface area contributed by atoms with Gasteiger partial charge in [0.2, 0.25) is 0 Å². The smallest absolute Gasteiger partial charge is 0.345 e.